The van der Waals surface area contributed by atoms with Crippen LogP contribution in [0.4, 0.5) is 21.5 Å². The van der Waals surface area contributed by atoms with Gasteiger partial charge in [-0.25, -0.2) is 12.9 Å². The van der Waals surface area contributed by atoms with Crippen LogP contribution in [-0.2, 0) is 17.7 Å². The zero-order valence-corrected chi connectivity index (χ0v) is 11.4. The molecule has 4 nitrogen and oxygen atoms in total. The Bertz CT molecular complexity index is 661. The Balaban J connectivity index is 2.03. The van der Waals surface area contributed by atoms with Gasteiger partial charge in [-0.2, -0.15) is 0 Å². The number of fused-ring (bicyclic) bond motifs is 1. The Kier molecular flexibility index (Phi) is 3.42. The van der Waals surface area contributed by atoms with E-state index in [4.69, 9.17) is 0 Å². The first kappa shape index (κ1) is 13.1. The Hall–Kier alpha value is -1.92. The van der Waals surface area contributed by atoms with E-state index < -0.39 is 11.3 Å². The first-order chi connectivity index (χ1) is 9.65. The molecule has 1 aliphatic heterocycles. The second kappa shape index (κ2) is 5.22. The Labute approximate surface area is 118 Å². The van der Waals surface area contributed by atoms with Crippen LogP contribution in [0.15, 0.2) is 42.5 Å². The highest BCUT2D eigenvalue weighted by molar-refractivity contribution is 7.81. The molecule has 1 atom stereocenters. The van der Waals surface area contributed by atoms with Crippen LogP contribution in [0.2, 0.25) is 0 Å². The van der Waals surface area contributed by atoms with Crippen LogP contribution in [0.5, 0.6) is 0 Å². The zero-order chi connectivity index (χ0) is 14.1. The average Bonchev–Trinajstić information content (AvgIpc) is 2.88. The largest absolute Gasteiger partial charge is 0.384 e. The standard InChI is InChI=1S/C14H13FN2O2S/c15-11-2-5-12(6-3-11)17(20(18)19)13-4-1-10-7-8-16-14(10)9-13/h1-6,9,16H,7-8H2,(H,18,19). The fourth-order valence-corrected chi connectivity index (χ4v) is 2.91. The summed E-state index contributed by atoms with van der Waals surface area (Å²) in [7, 11) is 0. The summed E-state index contributed by atoms with van der Waals surface area (Å²) in [5, 5.41) is 3.23. The van der Waals surface area contributed by atoms with E-state index in [-0.39, 0.29) is 5.82 Å². The minimum absolute atomic E-state index is 0.381. The number of nitrogens with one attached hydrogen (secondary N) is 1. The van der Waals surface area contributed by atoms with Crippen molar-refractivity contribution < 1.29 is 13.2 Å². The van der Waals surface area contributed by atoms with Crippen LogP contribution in [0.3, 0.4) is 0 Å². The second-order valence-electron chi connectivity index (χ2n) is 4.52. The van der Waals surface area contributed by atoms with E-state index in [1.54, 1.807) is 6.07 Å². The SMILES string of the molecule is O=S(O)N(c1ccc(F)cc1)c1ccc2c(c1)NCC2. The molecule has 1 unspecified atom stereocenters. The van der Waals surface area contributed by atoms with Gasteiger partial charge in [0.2, 0.25) is 0 Å². The highest BCUT2D eigenvalue weighted by Crippen LogP contribution is 2.32. The van der Waals surface area contributed by atoms with E-state index in [2.05, 4.69) is 5.32 Å². The van der Waals surface area contributed by atoms with Gasteiger partial charge in [0, 0.05) is 12.2 Å². The van der Waals surface area contributed by atoms with Crippen molar-refractivity contribution in [3.8, 4) is 0 Å². The summed E-state index contributed by atoms with van der Waals surface area (Å²) in [5.41, 5.74) is 3.22. The van der Waals surface area contributed by atoms with Crippen molar-refractivity contribution in [1.82, 2.24) is 0 Å². The summed E-state index contributed by atoms with van der Waals surface area (Å²) in [5.74, 6) is -0.381. The quantitative estimate of drug-likeness (QED) is 0.855. The monoisotopic (exact) mass is 292 g/mol. The number of anilines is 3. The van der Waals surface area contributed by atoms with E-state index in [1.807, 2.05) is 12.1 Å². The normalized spacial score (nSPS) is 14.5. The minimum atomic E-state index is -2.23. The molecule has 0 amide bonds. The summed E-state index contributed by atoms with van der Waals surface area (Å²) >= 11 is -2.23. The highest BCUT2D eigenvalue weighted by atomic mass is 32.2. The van der Waals surface area contributed by atoms with Gasteiger partial charge in [0.1, 0.15) is 5.82 Å². The van der Waals surface area contributed by atoms with Crippen LogP contribution in [0, 0.1) is 5.82 Å². The van der Waals surface area contributed by atoms with Gasteiger partial charge in [0.25, 0.3) is 11.3 Å². The Morgan fingerprint density at radius 3 is 2.55 bits per heavy atom. The summed E-state index contributed by atoms with van der Waals surface area (Å²) in [6.07, 6.45) is 0.953. The van der Waals surface area contributed by atoms with Crippen LogP contribution in [0.1, 0.15) is 5.56 Å². The number of nitrogens with zero attached hydrogens (tertiary/aromatic N) is 1. The molecule has 0 bridgehead atoms. The molecule has 104 valence electrons. The first-order valence-electron chi connectivity index (χ1n) is 6.18. The predicted octanol–water partition coefficient (Wildman–Crippen LogP) is 3.07. The lowest BCUT2D eigenvalue weighted by Gasteiger charge is -2.20. The van der Waals surface area contributed by atoms with Gasteiger partial charge < -0.3 is 5.32 Å². The molecule has 3 rings (SSSR count). The third-order valence-electron chi connectivity index (χ3n) is 3.26. The lowest BCUT2D eigenvalue weighted by molar-refractivity contribution is 0.564. The molecule has 0 fully saturated rings. The molecule has 0 saturated carbocycles. The van der Waals surface area contributed by atoms with Crippen LogP contribution >= 0.6 is 0 Å². The van der Waals surface area contributed by atoms with Crippen molar-refractivity contribution >= 4 is 28.3 Å². The van der Waals surface area contributed by atoms with E-state index in [1.165, 1.54) is 34.1 Å². The number of hydrogen-bond donors (Lipinski definition) is 2. The molecule has 2 aromatic rings. The molecule has 6 heteroatoms. The topological polar surface area (TPSA) is 52.6 Å². The third-order valence-corrected chi connectivity index (χ3v) is 3.99. The molecule has 0 radical (unpaired) electrons. The van der Waals surface area contributed by atoms with Crippen molar-refractivity contribution in [2.75, 3.05) is 16.2 Å². The molecule has 0 aliphatic carbocycles. The van der Waals surface area contributed by atoms with Crippen molar-refractivity contribution in [2.45, 2.75) is 6.42 Å². The lowest BCUT2D eigenvalue weighted by atomic mass is 10.1. The maximum Gasteiger partial charge on any atom is 0.266 e. The summed E-state index contributed by atoms with van der Waals surface area (Å²) in [6.45, 7) is 0.873. The fourth-order valence-electron chi connectivity index (χ4n) is 2.31. The fraction of sp³-hybridized carbons (Fsp3) is 0.143. The second-order valence-corrected chi connectivity index (χ2v) is 5.35. The lowest BCUT2D eigenvalue weighted by Crippen LogP contribution is -2.19. The minimum Gasteiger partial charge on any atom is -0.384 e. The maximum atomic E-state index is 13.0. The first-order valence-corrected chi connectivity index (χ1v) is 7.25. The average molecular weight is 292 g/mol. The smallest absolute Gasteiger partial charge is 0.266 e. The molecule has 2 N–H and O–H groups in total. The molecule has 2 aromatic carbocycles. The van der Waals surface area contributed by atoms with Gasteiger partial charge in [-0.15, -0.1) is 0 Å². The van der Waals surface area contributed by atoms with E-state index in [9.17, 15) is 13.2 Å². The van der Waals surface area contributed by atoms with Gasteiger partial charge in [-0.1, -0.05) is 6.07 Å². The van der Waals surface area contributed by atoms with Gasteiger partial charge in [0.05, 0.1) is 11.4 Å². The summed E-state index contributed by atoms with van der Waals surface area (Å²) < 4.78 is 35.3. The van der Waals surface area contributed by atoms with Crippen molar-refractivity contribution in [2.24, 2.45) is 0 Å². The number of rotatable bonds is 3. The van der Waals surface area contributed by atoms with Gasteiger partial charge in [-0.3, -0.25) is 4.55 Å². The van der Waals surface area contributed by atoms with E-state index in [0.717, 1.165) is 18.7 Å². The molecule has 1 aliphatic rings. The van der Waals surface area contributed by atoms with Crippen molar-refractivity contribution in [3.63, 3.8) is 0 Å². The zero-order valence-electron chi connectivity index (χ0n) is 10.5. The molecular formula is C14H13FN2O2S. The summed E-state index contributed by atoms with van der Waals surface area (Å²) in [6, 6.07) is 11.0. The van der Waals surface area contributed by atoms with E-state index >= 15 is 0 Å². The molecule has 20 heavy (non-hydrogen) atoms. The van der Waals surface area contributed by atoms with Crippen LogP contribution < -0.4 is 9.62 Å². The Morgan fingerprint density at radius 1 is 1.15 bits per heavy atom. The molecule has 0 aromatic heterocycles. The van der Waals surface area contributed by atoms with Crippen molar-refractivity contribution in [1.29, 1.82) is 0 Å². The number of hydrogen-bond acceptors (Lipinski definition) is 2. The highest BCUT2D eigenvalue weighted by Gasteiger charge is 2.18. The summed E-state index contributed by atoms with van der Waals surface area (Å²) in [4.78, 5) is 0. The van der Waals surface area contributed by atoms with Gasteiger partial charge >= 0.3 is 0 Å². The molecule has 0 saturated heterocycles. The molecular weight excluding hydrogens is 279 g/mol. The maximum absolute atomic E-state index is 13.0. The number of benzene rings is 2. The van der Waals surface area contributed by atoms with Gasteiger partial charge in [-0.05, 0) is 48.4 Å². The third kappa shape index (κ3) is 2.39. The molecule has 1 heterocycles. The Morgan fingerprint density at radius 2 is 1.85 bits per heavy atom. The van der Waals surface area contributed by atoms with Crippen molar-refractivity contribution in [3.05, 3.63) is 53.8 Å². The predicted molar refractivity (Wildman–Crippen MR) is 77.9 cm³/mol. The van der Waals surface area contributed by atoms with Gasteiger partial charge in [0.15, 0.2) is 0 Å². The van der Waals surface area contributed by atoms with E-state index in [0.29, 0.717) is 11.4 Å². The van der Waals surface area contributed by atoms with Crippen LogP contribution in [0.25, 0.3) is 0 Å². The molecule has 0 spiro atoms. The number of halogens is 1. The van der Waals surface area contributed by atoms with Crippen LogP contribution in [-0.4, -0.2) is 15.3 Å².